The first-order valence-electron chi connectivity index (χ1n) is 2.65. The van der Waals surface area contributed by atoms with Gasteiger partial charge in [-0.1, -0.05) is 5.43 Å². The van der Waals surface area contributed by atoms with Crippen molar-refractivity contribution in [3.63, 3.8) is 0 Å². The molecule has 0 aliphatic heterocycles. The fourth-order valence-electron chi connectivity index (χ4n) is 0.532. The molecule has 7 heteroatoms. The van der Waals surface area contributed by atoms with Crippen molar-refractivity contribution in [2.24, 2.45) is 0 Å². The van der Waals surface area contributed by atoms with Crippen LogP contribution in [-0.2, 0) is 0 Å². The molecular weight excluding hydrogens is 152 g/mol. The van der Waals surface area contributed by atoms with Crippen LogP contribution in [0.4, 0.5) is 5.82 Å². The number of aromatic nitrogens is 2. The molecule has 0 saturated heterocycles. The molecule has 1 heterocycles. The van der Waals surface area contributed by atoms with E-state index in [0.29, 0.717) is 0 Å². The van der Waals surface area contributed by atoms with Crippen molar-refractivity contribution in [2.45, 2.75) is 0 Å². The highest BCUT2D eigenvalue weighted by Crippen LogP contribution is 1.93. The molecule has 0 bridgehead atoms. The molecule has 11 heavy (non-hydrogen) atoms. The van der Waals surface area contributed by atoms with Gasteiger partial charge in [0.2, 0.25) is 0 Å². The van der Waals surface area contributed by atoms with Gasteiger partial charge in [0.25, 0.3) is 0 Å². The highest BCUT2D eigenvalue weighted by Gasteiger charge is 1.97. The Labute approximate surface area is 60.2 Å². The van der Waals surface area contributed by atoms with Crippen LogP contribution < -0.4 is 11.1 Å². The van der Waals surface area contributed by atoms with Gasteiger partial charge in [0.05, 0.1) is 0 Å². The van der Waals surface area contributed by atoms with Gasteiger partial charge in [-0.05, 0) is 0 Å². The van der Waals surface area contributed by atoms with E-state index in [2.05, 4.69) is 9.97 Å². The number of anilines is 1. The van der Waals surface area contributed by atoms with Crippen LogP contribution >= 0.6 is 0 Å². The standard InChI is InChI=1S/C4H4N4O3/c9-4-5-2-1-3(6-4)7-8(10)11/h1-2H,(H2,5,6,7,9). The van der Waals surface area contributed by atoms with Gasteiger partial charge in [0, 0.05) is 12.3 Å². The number of nitrogens with zero attached hydrogens (tertiary/aromatic N) is 2. The molecule has 0 atom stereocenters. The summed E-state index contributed by atoms with van der Waals surface area (Å²) in [5.74, 6) is 0.00926. The Kier molecular flexibility index (Phi) is 1.81. The quantitative estimate of drug-likeness (QED) is 0.438. The monoisotopic (exact) mass is 156 g/mol. The summed E-state index contributed by atoms with van der Waals surface area (Å²) in [6, 6.07) is 1.28. The van der Waals surface area contributed by atoms with Crippen LogP contribution in [0.5, 0.6) is 0 Å². The predicted octanol–water partition coefficient (Wildman–Crippen LogP) is -0.627. The SMILES string of the molecule is O=c1nccc(N[N+](=O)[O-])[nH]1. The molecule has 0 aromatic carbocycles. The van der Waals surface area contributed by atoms with Crippen LogP contribution in [0.2, 0.25) is 0 Å². The first-order chi connectivity index (χ1) is 5.18. The van der Waals surface area contributed by atoms with Crippen molar-refractivity contribution >= 4 is 5.82 Å². The molecule has 7 nitrogen and oxygen atoms in total. The van der Waals surface area contributed by atoms with E-state index in [1.807, 2.05) is 0 Å². The number of nitro groups is 1. The molecule has 0 unspecified atom stereocenters. The summed E-state index contributed by atoms with van der Waals surface area (Å²) < 4.78 is 0. The summed E-state index contributed by atoms with van der Waals surface area (Å²) in [7, 11) is 0. The van der Waals surface area contributed by atoms with E-state index in [0.717, 1.165) is 0 Å². The molecule has 2 N–H and O–H groups in total. The van der Waals surface area contributed by atoms with Gasteiger partial charge in [-0.15, -0.1) is 0 Å². The van der Waals surface area contributed by atoms with Gasteiger partial charge in [-0.2, -0.15) is 0 Å². The maximum Gasteiger partial charge on any atom is 0.346 e. The smallest absolute Gasteiger partial charge is 0.288 e. The second-order valence-electron chi connectivity index (χ2n) is 1.66. The largest absolute Gasteiger partial charge is 0.346 e. The summed E-state index contributed by atoms with van der Waals surface area (Å²) in [5, 5.41) is 9.06. The van der Waals surface area contributed by atoms with Gasteiger partial charge in [-0.3, -0.25) is 4.98 Å². The van der Waals surface area contributed by atoms with E-state index < -0.39 is 10.7 Å². The Morgan fingerprint density at radius 3 is 3.00 bits per heavy atom. The zero-order chi connectivity index (χ0) is 8.27. The van der Waals surface area contributed by atoms with Crippen LogP contribution in [-0.4, -0.2) is 15.0 Å². The molecule has 0 spiro atoms. The van der Waals surface area contributed by atoms with Gasteiger partial charge in [-0.25, -0.2) is 19.9 Å². The van der Waals surface area contributed by atoms with Gasteiger partial charge >= 0.3 is 5.69 Å². The van der Waals surface area contributed by atoms with Crippen molar-refractivity contribution in [1.29, 1.82) is 0 Å². The average Bonchev–Trinajstić information content (AvgIpc) is 1.85. The topological polar surface area (TPSA) is 101 Å². The van der Waals surface area contributed by atoms with Crippen molar-refractivity contribution in [1.82, 2.24) is 9.97 Å². The van der Waals surface area contributed by atoms with Crippen LogP contribution in [0, 0.1) is 10.1 Å². The lowest BCUT2D eigenvalue weighted by atomic mass is 10.6. The van der Waals surface area contributed by atoms with E-state index in [-0.39, 0.29) is 5.82 Å². The molecule has 1 aromatic heterocycles. The molecule has 0 saturated carbocycles. The zero-order valence-electron chi connectivity index (χ0n) is 5.27. The van der Waals surface area contributed by atoms with E-state index in [4.69, 9.17) is 0 Å². The highest BCUT2D eigenvalue weighted by atomic mass is 16.7. The van der Waals surface area contributed by atoms with Crippen LogP contribution in [0.1, 0.15) is 0 Å². The van der Waals surface area contributed by atoms with Gasteiger partial charge in [0.15, 0.2) is 10.9 Å². The lowest BCUT2D eigenvalue weighted by Gasteiger charge is -1.92. The fraction of sp³-hybridized carbons (Fsp3) is 0. The predicted molar refractivity (Wildman–Crippen MR) is 35.5 cm³/mol. The zero-order valence-corrected chi connectivity index (χ0v) is 5.27. The molecule has 58 valence electrons. The molecular formula is C4H4N4O3. The van der Waals surface area contributed by atoms with Crippen LogP contribution in [0.3, 0.4) is 0 Å². The third-order valence-corrected chi connectivity index (χ3v) is 0.886. The van der Waals surface area contributed by atoms with E-state index in [1.165, 1.54) is 12.3 Å². The third kappa shape index (κ3) is 2.05. The summed E-state index contributed by atoms with van der Waals surface area (Å²) in [6.07, 6.45) is 1.17. The Morgan fingerprint density at radius 2 is 2.45 bits per heavy atom. The van der Waals surface area contributed by atoms with E-state index in [9.17, 15) is 14.9 Å². The molecule has 0 aliphatic carbocycles. The first-order valence-corrected chi connectivity index (χ1v) is 2.65. The number of hydrazine groups is 1. The maximum absolute atomic E-state index is 10.4. The summed E-state index contributed by atoms with van der Waals surface area (Å²) in [6.45, 7) is 0. The number of nitrogens with one attached hydrogen (secondary N) is 2. The van der Waals surface area contributed by atoms with E-state index >= 15 is 0 Å². The number of hydrogen-bond donors (Lipinski definition) is 2. The third-order valence-electron chi connectivity index (χ3n) is 0.886. The van der Waals surface area contributed by atoms with Crippen LogP contribution in [0.15, 0.2) is 17.1 Å². The minimum absolute atomic E-state index is 0.00926. The molecule has 0 amide bonds. The Morgan fingerprint density at radius 1 is 1.73 bits per heavy atom. The Bertz CT molecular complexity index is 319. The molecule has 0 radical (unpaired) electrons. The Balaban J connectivity index is 2.88. The molecule has 1 rings (SSSR count). The molecule has 0 fully saturated rings. The van der Waals surface area contributed by atoms with Crippen molar-refractivity contribution in [3.8, 4) is 0 Å². The minimum Gasteiger partial charge on any atom is -0.288 e. The second kappa shape index (κ2) is 2.78. The van der Waals surface area contributed by atoms with Gasteiger partial charge < -0.3 is 0 Å². The van der Waals surface area contributed by atoms with Gasteiger partial charge in [0.1, 0.15) is 0 Å². The maximum atomic E-state index is 10.4. The summed E-state index contributed by atoms with van der Waals surface area (Å²) in [5.41, 5.74) is 1.14. The number of rotatable bonds is 2. The second-order valence-corrected chi connectivity index (χ2v) is 1.66. The summed E-state index contributed by atoms with van der Waals surface area (Å²) in [4.78, 5) is 25.7. The summed E-state index contributed by atoms with van der Waals surface area (Å²) >= 11 is 0. The lowest BCUT2D eigenvalue weighted by molar-refractivity contribution is -0.445. The first kappa shape index (κ1) is 7.19. The van der Waals surface area contributed by atoms with Crippen LogP contribution in [0.25, 0.3) is 0 Å². The van der Waals surface area contributed by atoms with Crippen molar-refractivity contribution in [2.75, 3.05) is 5.43 Å². The minimum atomic E-state index is -0.773. The average molecular weight is 156 g/mol. The molecule has 0 aliphatic rings. The number of aromatic amines is 1. The number of hydrogen-bond acceptors (Lipinski definition) is 4. The van der Waals surface area contributed by atoms with E-state index in [1.54, 1.807) is 5.43 Å². The highest BCUT2D eigenvalue weighted by molar-refractivity contribution is 5.27. The van der Waals surface area contributed by atoms with Crippen molar-refractivity contribution in [3.05, 3.63) is 32.9 Å². The number of H-pyrrole nitrogens is 1. The Hall–Kier alpha value is -1.92. The lowest BCUT2D eigenvalue weighted by Crippen LogP contribution is -2.15. The normalized spacial score (nSPS) is 9.09. The van der Waals surface area contributed by atoms with Crippen molar-refractivity contribution < 1.29 is 5.03 Å². The fourth-order valence-corrected chi connectivity index (χ4v) is 0.532. The molecule has 1 aromatic rings.